The molecule has 0 bridgehead atoms. The second kappa shape index (κ2) is 10.3. The van der Waals surface area contributed by atoms with Gasteiger partial charge in [0.15, 0.2) is 16.6 Å². The zero-order valence-corrected chi connectivity index (χ0v) is 21.4. The highest BCUT2D eigenvalue weighted by Crippen LogP contribution is 2.43. The number of nitrogens with one attached hydrogen (secondary N) is 1. The average molecular weight is 529 g/mol. The molecule has 0 aliphatic carbocycles. The van der Waals surface area contributed by atoms with Crippen LogP contribution in [-0.4, -0.2) is 37.4 Å². The van der Waals surface area contributed by atoms with E-state index in [9.17, 15) is 9.90 Å². The van der Waals surface area contributed by atoms with Crippen molar-refractivity contribution in [3.05, 3.63) is 32.8 Å². The monoisotopic (exact) mass is 528 g/mol. The van der Waals surface area contributed by atoms with Gasteiger partial charge < -0.3 is 24.6 Å². The average Bonchev–Trinajstić information content (AvgIpc) is 3.30. The summed E-state index contributed by atoms with van der Waals surface area (Å²) in [6.45, 7) is 5.93. The molecule has 10 heteroatoms. The first-order valence-electron chi connectivity index (χ1n) is 9.20. The summed E-state index contributed by atoms with van der Waals surface area (Å²) in [4.78, 5) is 17.7. The third kappa shape index (κ3) is 4.97. The lowest BCUT2D eigenvalue weighted by atomic mass is 9.96. The highest BCUT2D eigenvalue weighted by molar-refractivity contribution is 8.93. The van der Waals surface area contributed by atoms with E-state index in [0.29, 0.717) is 27.3 Å². The van der Waals surface area contributed by atoms with Crippen LogP contribution in [0.2, 0.25) is 0 Å². The molecule has 0 spiro atoms. The summed E-state index contributed by atoms with van der Waals surface area (Å²) < 4.78 is 16.2. The Morgan fingerprint density at radius 1 is 1.13 bits per heavy atom. The van der Waals surface area contributed by atoms with Crippen molar-refractivity contribution in [1.29, 1.82) is 0 Å². The maximum Gasteiger partial charge on any atom is 0.346 e. The number of aromatic nitrogens is 1. The number of aryl methyl sites for hydroxylation is 1. The van der Waals surface area contributed by atoms with Crippen LogP contribution in [0.15, 0.2) is 17.5 Å². The lowest BCUT2D eigenvalue weighted by molar-refractivity contribution is 0.0700. The lowest BCUT2D eigenvalue weighted by Gasteiger charge is -2.14. The fourth-order valence-electron chi connectivity index (χ4n) is 3.31. The van der Waals surface area contributed by atoms with Crippen molar-refractivity contribution in [1.82, 2.24) is 4.98 Å². The lowest BCUT2D eigenvalue weighted by Crippen LogP contribution is -2.01. The summed E-state index contributed by atoms with van der Waals surface area (Å²) in [7, 11) is 4.69. The standard InChI is InChI=1S/C21H24N2O5S2.BrH/c1-10(2)16-17(11(3)30-19(16)20(24)25)13-9-29-21(23-13)22-12-7-14(26-4)18(28-6)15(8-12)27-5;/h7-10H,1-6H3,(H,22,23)(H,24,25);1H. The van der Waals surface area contributed by atoms with Gasteiger partial charge in [-0.15, -0.1) is 39.7 Å². The molecular weight excluding hydrogens is 504 g/mol. The summed E-state index contributed by atoms with van der Waals surface area (Å²) in [5.74, 6) is 0.770. The molecule has 2 heterocycles. The van der Waals surface area contributed by atoms with Crippen LogP contribution >= 0.6 is 39.7 Å². The van der Waals surface area contributed by atoms with Crippen molar-refractivity contribution in [2.75, 3.05) is 26.6 Å². The Labute approximate surface area is 199 Å². The SMILES string of the molecule is Br.COc1cc(Nc2nc(-c3c(C)sc(C(=O)O)c3C(C)C)cs2)cc(OC)c1OC. The minimum atomic E-state index is -0.899. The molecule has 2 N–H and O–H groups in total. The number of nitrogens with zero attached hydrogens (tertiary/aromatic N) is 1. The summed E-state index contributed by atoms with van der Waals surface area (Å²) in [6.07, 6.45) is 0. The molecule has 0 fully saturated rings. The van der Waals surface area contributed by atoms with Crippen molar-refractivity contribution in [2.45, 2.75) is 26.7 Å². The van der Waals surface area contributed by atoms with Crippen LogP contribution in [0.1, 0.15) is 39.9 Å². The number of methoxy groups -OCH3 is 3. The van der Waals surface area contributed by atoms with Crippen molar-refractivity contribution in [3.63, 3.8) is 0 Å². The number of benzene rings is 1. The zero-order chi connectivity index (χ0) is 22.0. The van der Waals surface area contributed by atoms with Gasteiger partial charge in [-0.05, 0) is 18.4 Å². The molecule has 0 aliphatic heterocycles. The van der Waals surface area contributed by atoms with E-state index in [0.717, 1.165) is 27.4 Å². The minimum Gasteiger partial charge on any atom is -0.493 e. The Morgan fingerprint density at radius 2 is 1.74 bits per heavy atom. The van der Waals surface area contributed by atoms with Gasteiger partial charge in [-0.2, -0.15) is 0 Å². The third-order valence-electron chi connectivity index (χ3n) is 4.57. The van der Waals surface area contributed by atoms with E-state index < -0.39 is 5.97 Å². The number of hydrogen-bond acceptors (Lipinski definition) is 8. The van der Waals surface area contributed by atoms with Crippen molar-refractivity contribution in [3.8, 4) is 28.5 Å². The number of carboxylic acid groups (broad SMARTS) is 1. The predicted molar refractivity (Wildman–Crippen MR) is 131 cm³/mol. The minimum absolute atomic E-state index is 0. The van der Waals surface area contributed by atoms with Gasteiger partial charge in [0.05, 0.1) is 27.0 Å². The Balaban J connectivity index is 0.00000341. The first-order valence-corrected chi connectivity index (χ1v) is 10.9. The van der Waals surface area contributed by atoms with Crippen molar-refractivity contribution >= 4 is 56.4 Å². The van der Waals surface area contributed by atoms with Crippen molar-refractivity contribution in [2.24, 2.45) is 0 Å². The smallest absolute Gasteiger partial charge is 0.346 e. The number of carboxylic acids is 1. The molecule has 0 unspecified atom stereocenters. The summed E-state index contributed by atoms with van der Waals surface area (Å²) >= 11 is 2.74. The zero-order valence-electron chi connectivity index (χ0n) is 18.1. The molecule has 0 atom stereocenters. The van der Waals surface area contributed by atoms with Gasteiger partial charge in [-0.3, -0.25) is 0 Å². The number of aromatic carboxylic acids is 1. The number of ether oxygens (including phenoxy) is 3. The van der Waals surface area contributed by atoms with Crippen LogP contribution < -0.4 is 19.5 Å². The molecule has 0 aliphatic rings. The van der Waals surface area contributed by atoms with Gasteiger partial charge in [-0.1, -0.05) is 13.8 Å². The van der Waals surface area contributed by atoms with Crippen LogP contribution in [0.25, 0.3) is 11.3 Å². The molecular formula is C21H25BrN2O5S2. The maximum absolute atomic E-state index is 11.7. The van der Waals surface area contributed by atoms with Gasteiger partial charge in [0.25, 0.3) is 0 Å². The molecule has 0 radical (unpaired) electrons. The van der Waals surface area contributed by atoms with Crippen LogP contribution in [0.4, 0.5) is 10.8 Å². The second-order valence-electron chi connectivity index (χ2n) is 6.81. The molecule has 31 heavy (non-hydrogen) atoms. The third-order valence-corrected chi connectivity index (χ3v) is 6.44. The number of carbonyl (C=O) groups is 1. The molecule has 0 saturated heterocycles. The number of hydrogen-bond donors (Lipinski definition) is 2. The molecule has 0 amide bonds. The summed E-state index contributed by atoms with van der Waals surface area (Å²) in [5.41, 5.74) is 3.24. The topological polar surface area (TPSA) is 89.9 Å². The normalized spacial score (nSPS) is 10.5. The molecule has 7 nitrogen and oxygen atoms in total. The fraction of sp³-hybridized carbons (Fsp3) is 0.333. The molecule has 168 valence electrons. The molecule has 1 aromatic carbocycles. The van der Waals surface area contributed by atoms with Crippen LogP contribution in [0.5, 0.6) is 17.2 Å². The predicted octanol–water partition coefficient (Wildman–Crippen LogP) is 6.35. The fourth-order valence-corrected chi connectivity index (χ4v) is 5.19. The molecule has 3 rings (SSSR count). The highest BCUT2D eigenvalue weighted by atomic mass is 79.9. The van der Waals surface area contributed by atoms with E-state index in [1.807, 2.05) is 26.2 Å². The van der Waals surface area contributed by atoms with Crippen LogP contribution in [0.3, 0.4) is 0 Å². The van der Waals surface area contributed by atoms with Crippen molar-refractivity contribution < 1.29 is 24.1 Å². The van der Waals surface area contributed by atoms with Crippen LogP contribution in [0, 0.1) is 6.92 Å². The molecule has 2 aromatic heterocycles. The van der Waals surface area contributed by atoms with Gasteiger partial charge in [0.2, 0.25) is 5.75 Å². The van der Waals surface area contributed by atoms with Gasteiger partial charge >= 0.3 is 5.97 Å². The molecule has 0 saturated carbocycles. The summed E-state index contributed by atoms with van der Waals surface area (Å²) in [5, 5.41) is 15.5. The van der Waals surface area contributed by atoms with E-state index in [4.69, 9.17) is 19.2 Å². The number of rotatable bonds is 8. The summed E-state index contributed by atoms with van der Waals surface area (Å²) in [6, 6.07) is 3.61. The van der Waals surface area contributed by atoms with Gasteiger partial charge in [-0.25, -0.2) is 9.78 Å². The van der Waals surface area contributed by atoms with Gasteiger partial charge in [0.1, 0.15) is 4.88 Å². The number of anilines is 2. The molecule has 3 aromatic rings. The van der Waals surface area contributed by atoms with E-state index in [-0.39, 0.29) is 22.9 Å². The van der Waals surface area contributed by atoms with Gasteiger partial charge in [0, 0.05) is 33.6 Å². The Morgan fingerprint density at radius 3 is 2.23 bits per heavy atom. The van der Waals surface area contributed by atoms with E-state index in [2.05, 4.69) is 5.32 Å². The maximum atomic E-state index is 11.7. The second-order valence-corrected chi connectivity index (χ2v) is 8.90. The van der Waals surface area contributed by atoms with E-state index >= 15 is 0 Å². The Kier molecular flexibility index (Phi) is 8.33. The number of halogens is 1. The van der Waals surface area contributed by atoms with E-state index in [1.54, 1.807) is 33.5 Å². The number of thiazole rings is 1. The highest BCUT2D eigenvalue weighted by Gasteiger charge is 2.25. The quantitative estimate of drug-likeness (QED) is 0.352. The first-order chi connectivity index (χ1) is 14.3. The first kappa shape index (κ1) is 25.0. The largest absolute Gasteiger partial charge is 0.493 e. The van der Waals surface area contributed by atoms with E-state index in [1.165, 1.54) is 22.7 Å². The Bertz CT molecular complexity index is 1050. The van der Waals surface area contributed by atoms with Crippen LogP contribution in [-0.2, 0) is 0 Å². The number of thiophene rings is 1. The Hall–Kier alpha value is -2.30.